The molecule has 0 aliphatic carbocycles. The van der Waals surface area contributed by atoms with Crippen molar-refractivity contribution in [2.75, 3.05) is 7.11 Å². The van der Waals surface area contributed by atoms with Crippen LogP contribution >= 0.6 is 47.8 Å². The van der Waals surface area contributed by atoms with E-state index in [-0.39, 0.29) is 5.75 Å². The highest BCUT2D eigenvalue weighted by Crippen LogP contribution is 2.36. The zero-order valence-electron chi connectivity index (χ0n) is 20.9. The number of nitrogens with one attached hydrogen (secondary N) is 2. The number of methoxy groups -OCH3 is 1. The Hall–Kier alpha value is -3.73. The molecule has 40 heavy (non-hydrogen) atoms. The maximum atomic E-state index is 13.4. The maximum absolute atomic E-state index is 13.4. The van der Waals surface area contributed by atoms with Crippen molar-refractivity contribution < 1.29 is 19.1 Å². The summed E-state index contributed by atoms with van der Waals surface area (Å²) in [6.07, 6.45) is 1.42. The van der Waals surface area contributed by atoms with E-state index in [0.717, 1.165) is 31.0 Å². The van der Waals surface area contributed by atoms with E-state index in [0.29, 0.717) is 27.0 Å². The van der Waals surface area contributed by atoms with Crippen LogP contribution in [-0.4, -0.2) is 30.2 Å². The lowest BCUT2D eigenvalue weighted by atomic mass is 10.0. The minimum Gasteiger partial charge on any atom is -0.497 e. The smallest absolute Gasteiger partial charge is 0.343 e. The van der Waals surface area contributed by atoms with Gasteiger partial charge in [-0.25, -0.2) is 10.2 Å². The van der Waals surface area contributed by atoms with Gasteiger partial charge in [0.25, 0.3) is 5.91 Å². The van der Waals surface area contributed by atoms with E-state index in [1.807, 2.05) is 48.5 Å². The maximum Gasteiger partial charge on any atom is 0.343 e. The molecule has 0 spiro atoms. The van der Waals surface area contributed by atoms with Gasteiger partial charge in [0.2, 0.25) is 0 Å². The fraction of sp³-hybridized carbons (Fsp3) is 0.0333. The summed E-state index contributed by atoms with van der Waals surface area (Å²) in [6.45, 7) is 0. The minimum absolute atomic E-state index is 0.244. The molecule has 1 aromatic heterocycles. The van der Waals surface area contributed by atoms with Crippen molar-refractivity contribution in [3.05, 3.63) is 115 Å². The minimum atomic E-state index is -0.572. The molecule has 0 fully saturated rings. The van der Waals surface area contributed by atoms with E-state index in [2.05, 4.69) is 63.3 Å². The van der Waals surface area contributed by atoms with Crippen molar-refractivity contribution in [3.8, 4) is 22.6 Å². The van der Waals surface area contributed by atoms with Crippen LogP contribution in [0, 0.1) is 0 Å². The fourth-order valence-corrected chi connectivity index (χ4v) is 5.96. The largest absolute Gasteiger partial charge is 0.497 e. The van der Waals surface area contributed by atoms with Crippen LogP contribution in [0.3, 0.4) is 0 Å². The Kier molecular flexibility index (Phi) is 8.49. The molecule has 7 nitrogen and oxygen atoms in total. The molecule has 1 amide bonds. The SMILES string of the molecule is COc1cccc(C(=O)Oc2c(Br)cc(Br)cc2C=NNC(=O)c2[nH]c3c(Br)cccc3c2-c2ccccc2)c1. The zero-order valence-corrected chi connectivity index (χ0v) is 25.6. The zero-order chi connectivity index (χ0) is 28.2. The number of fused-ring (bicyclic) bond motifs is 1. The average Bonchev–Trinajstić information content (AvgIpc) is 3.36. The highest BCUT2D eigenvalue weighted by Gasteiger charge is 2.20. The molecular weight excluding hydrogens is 706 g/mol. The molecule has 4 aromatic carbocycles. The number of amides is 1. The number of H-pyrrole nitrogens is 1. The van der Waals surface area contributed by atoms with Crippen molar-refractivity contribution in [1.29, 1.82) is 0 Å². The number of aromatic nitrogens is 1. The molecule has 5 rings (SSSR count). The van der Waals surface area contributed by atoms with E-state index in [9.17, 15) is 9.59 Å². The molecule has 5 aromatic rings. The highest BCUT2D eigenvalue weighted by molar-refractivity contribution is 9.11. The Balaban J connectivity index is 1.44. The summed E-state index contributed by atoms with van der Waals surface area (Å²) in [7, 11) is 1.52. The second-order valence-corrected chi connectivity index (χ2v) is 11.2. The first kappa shape index (κ1) is 27.8. The van der Waals surface area contributed by atoms with Gasteiger partial charge in [-0.3, -0.25) is 4.79 Å². The van der Waals surface area contributed by atoms with Gasteiger partial charge in [0.05, 0.1) is 28.9 Å². The van der Waals surface area contributed by atoms with E-state index >= 15 is 0 Å². The Bertz CT molecular complexity index is 1770. The third-order valence-corrected chi connectivity index (χ3v) is 7.69. The Morgan fingerprint density at radius 2 is 1.68 bits per heavy atom. The number of esters is 1. The van der Waals surface area contributed by atoms with Gasteiger partial charge in [0, 0.05) is 25.5 Å². The molecule has 0 unspecified atom stereocenters. The topological polar surface area (TPSA) is 92.8 Å². The summed E-state index contributed by atoms with van der Waals surface area (Å²) in [4.78, 5) is 29.5. The molecular formula is C30H20Br3N3O4. The monoisotopic (exact) mass is 723 g/mol. The summed E-state index contributed by atoms with van der Waals surface area (Å²) < 4.78 is 13.0. The van der Waals surface area contributed by atoms with Crippen molar-refractivity contribution in [2.24, 2.45) is 5.10 Å². The third-order valence-electron chi connectivity index (χ3n) is 5.98. The van der Waals surface area contributed by atoms with Gasteiger partial charge in [0.1, 0.15) is 11.4 Å². The van der Waals surface area contributed by atoms with Gasteiger partial charge in [0.15, 0.2) is 5.75 Å². The van der Waals surface area contributed by atoms with Crippen LogP contribution in [-0.2, 0) is 0 Å². The fourth-order valence-electron chi connectivity index (χ4n) is 4.16. The Morgan fingerprint density at radius 1 is 0.900 bits per heavy atom. The number of ether oxygens (including phenoxy) is 2. The summed E-state index contributed by atoms with van der Waals surface area (Å²) >= 11 is 10.5. The lowest BCUT2D eigenvalue weighted by Crippen LogP contribution is -2.19. The number of benzene rings is 4. The standard InChI is InChI=1S/C30H20Br3N3O4/c1-39-21-10-5-9-18(14-21)30(38)40-28-19(13-20(31)15-24(28)33)16-34-36-29(37)27-25(17-7-3-2-4-8-17)22-11-6-12-23(32)26(22)35-27/h2-16,35H,1H3,(H,36,37). The number of hydrogen-bond donors (Lipinski definition) is 2. The number of halogens is 3. The van der Waals surface area contributed by atoms with E-state index < -0.39 is 11.9 Å². The van der Waals surface area contributed by atoms with E-state index in [1.165, 1.54) is 13.3 Å². The number of hydrogen-bond acceptors (Lipinski definition) is 5. The second-order valence-electron chi connectivity index (χ2n) is 8.53. The molecule has 0 aliphatic rings. The Morgan fingerprint density at radius 3 is 2.45 bits per heavy atom. The first-order valence-electron chi connectivity index (χ1n) is 11.9. The molecule has 2 N–H and O–H groups in total. The molecule has 0 radical (unpaired) electrons. The first-order valence-corrected chi connectivity index (χ1v) is 14.3. The molecule has 0 aliphatic heterocycles. The van der Waals surface area contributed by atoms with Crippen LogP contribution in [0.2, 0.25) is 0 Å². The van der Waals surface area contributed by atoms with Crippen LogP contribution < -0.4 is 14.9 Å². The third kappa shape index (κ3) is 5.89. The normalized spacial score (nSPS) is 11.1. The summed E-state index contributed by atoms with van der Waals surface area (Å²) in [5.41, 5.74) is 6.21. The summed E-state index contributed by atoms with van der Waals surface area (Å²) in [5.74, 6) is -0.222. The number of hydrazone groups is 1. The van der Waals surface area contributed by atoms with E-state index in [1.54, 1.807) is 36.4 Å². The van der Waals surface area contributed by atoms with Crippen molar-refractivity contribution in [2.45, 2.75) is 0 Å². The number of para-hydroxylation sites is 1. The molecule has 0 saturated carbocycles. The highest BCUT2D eigenvalue weighted by atomic mass is 79.9. The van der Waals surface area contributed by atoms with Crippen LogP contribution in [0.1, 0.15) is 26.4 Å². The van der Waals surface area contributed by atoms with Gasteiger partial charge >= 0.3 is 5.97 Å². The van der Waals surface area contributed by atoms with Gasteiger partial charge in [-0.1, -0.05) is 64.5 Å². The van der Waals surface area contributed by atoms with Crippen LogP contribution in [0.25, 0.3) is 22.0 Å². The van der Waals surface area contributed by atoms with E-state index in [4.69, 9.17) is 9.47 Å². The van der Waals surface area contributed by atoms with Crippen molar-refractivity contribution in [3.63, 3.8) is 0 Å². The number of aromatic amines is 1. The van der Waals surface area contributed by atoms with Crippen LogP contribution in [0.5, 0.6) is 11.5 Å². The number of carbonyl (C=O) groups is 2. The van der Waals surface area contributed by atoms with Crippen molar-refractivity contribution >= 4 is 76.8 Å². The lowest BCUT2D eigenvalue weighted by Gasteiger charge is -2.11. The van der Waals surface area contributed by atoms with Gasteiger partial charge < -0.3 is 14.5 Å². The summed E-state index contributed by atoms with van der Waals surface area (Å²) in [5, 5.41) is 5.09. The van der Waals surface area contributed by atoms with Crippen molar-refractivity contribution in [1.82, 2.24) is 10.4 Å². The molecule has 10 heteroatoms. The molecule has 0 saturated heterocycles. The molecule has 0 bridgehead atoms. The van der Waals surface area contributed by atoms with Gasteiger partial charge in [-0.2, -0.15) is 5.10 Å². The Labute approximate surface area is 255 Å². The van der Waals surface area contributed by atoms with Gasteiger partial charge in [-0.05, 0) is 73.8 Å². The lowest BCUT2D eigenvalue weighted by molar-refractivity contribution is 0.0732. The second kappa shape index (κ2) is 12.2. The van der Waals surface area contributed by atoms with Crippen LogP contribution in [0.4, 0.5) is 0 Å². The molecule has 200 valence electrons. The number of carbonyl (C=O) groups excluding carboxylic acids is 2. The van der Waals surface area contributed by atoms with Gasteiger partial charge in [-0.15, -0.1) is 0 Å². The number of rotatable bonds is 7. The predicted octanol–water partition coefficient (Wildman–Crippen LogP) is 8.11. The quantitative estimate of drug-likeness (QED) is 0.0768. The molecule has 0 atom stereocenters. The average molecular weight is 726 g/mol. The first-order chi connectivity index (χ1) is 19.4. The number of nitrogens with zero attached hydrogens (tertiary/aromatic N) is 1. The van der Waals surface area contributed by atoms with Crippen LogP contribution in [0.15, 0.2) is 103 Å². The summed E-state index contributed by atoms with van der Waals surface area (Å²) in [6, 6.07) is 25.6. The predicted molar refractivity (Wildman–Crippen MR) is 166 cm³/mol. The molecule has 1 heterocycles.